The van der Waals surface area contributed by atoms with Crippen LogP contribution in [0.5, 0.6) is 0 Å². The molecular weight excluding hydrogens is 327 g/mol. The zero-order valence-corrected chi connectivity index (χ0v) is 13.2. The van der Waals surface area contributed by atoms with Gasteiger partial charge >= 0.3 is 0 Å². The van der Waals surface area contributed by atoms with Crippen molar-refractivity contribution in [2.45, 2.75) is 20.3 Å². The maximum Gasteiger partial charge on any atom is 0.251 e. The molecule has 0 aromatic heterocycles. The molecule has 0 atom stereocenters. The number of carbonyl (C=O) groups is 2. The molecule has 0 saturated heterocycles. The van der Waals surface area contributed by atoms with Crippen molar-refractivity contribution in [1.29, 1.82) is 0 Å². The molecule has 6 heteroatoms. The SMILES string of the molecule is CCN(CC)C(=O)CCNC(=O)c1ccc(Br)c(F)c1. The molecule has 1 aromatic rings. The van der Waals surface area contributed by atoms with E-state index in [0.29, 0.717) is 17.6 Å². The van der Waals surface area contributed by atoms with Crippen LogP contribution < -0.4 is 5.32 Å². The summed E-state index contributed by atoms with van der Waals surface area (Å²) in [5, 5.41) is 2.61. The van der Waals surface area contributed by atoms with Gasteiger partial charge in [0.25, 0.3) is 5.91 Å². The Morgan fingerprint density at radius 1 is 1.30 bits per heavy atom. The second-order valence-electron chi connectivity index (χ2n) is 4.20. The van der Waals surface area contributed by atoms with E-state index < -0.39 is 5.82 Å². The van der Waals surface area contributed by atoms with E-state index in [1.807, 2.05) is 13.8 Å². The number of rotatable bonds is 6. The van der Waals surface area contributed by atoms with Gasteiger partial charge in [-0.15, -0.1) is 0 Å². The third-order valence-electron chi connectivity index (χ3n) is 2.92. The monoisotopic (exact) mass is 344 g/mol. The van der Waals surface area contributed by atoms with Gasteiger partial charge < -0.3 is 10.2 Å². The first kappa shape index (κ1) is 16.6. The van der Waals surface area contributed by atoms with E-state index in [2.05, 4.69) is 21.2 Å². The number of amides is 2. The second-order valence-corrected chi connectivity index (χ2v) is 5.06. The molecule has 2 amide bonds. The summed E-state index contributed by atoms with van der Waals surface area (Å²) in [4.78, 5) is 25.2. The van der Waals surface area contributed by atoms with Gasteiger partial charge in [0.1, 0.15) is 5.82 Å². The number of nitrogens with one attached hydrogen (secondary N) is 1. The van der Waals surface area contributed by atoms with Crippen molar-refractivity contribution in [3.63, 3.8) is 0 Å². The van der Waals surface area contributed by atoms with Gasteiger partial charge in [0, 0.05) is 31.6 Å². The molecule has 20 heavy (non-hydrogen) atoms. The molecule has 4 nitrogen and oxygen atoms in total. The summed E-state index contributed by atoms with van der Waals surface area (Å²) in [6.45, 7) is 5.36. The number of hydrogen-bond donors (Lipinski definition) is 1. The predicted octanol–water partition coefficient (Wildman–Crippen LogP) is 2.58. The van der Waals surface area contributed by atoms with Crippen LogP contribution in [-0.4, -0.2) is 36.3 Å². The van der Waals surface area contributed by atoms with Crippen LogP contribution in [-0.2, 0) is 4.79 Å². The van der Waals surface area contributed by atoms with Crippen LogP contribution in [0.3, 0.4) is 0 Å². The Hall–Kier alpha value is -1.43. The van der Waals surface area contributed by atoms with E-state index in [4.69, 9.17) is 0 Å². The molecule has 1 rings (SSSR count). The Labute approximate surface area is 126 Å². The van der Waals surface area contributed by atoms with Crippen LogP contribution in [0, 0.1) is 5.82 Å². The van der Waals surface area contributed by atoms with E-state index in [-0.39, 0.29) is 30.3 Å². The van der Waals surface area contributed by atoms with E-state index >= 15 is 0 Å². The first-order chi connectivity index (χ1) is 9.49. The maximum atomic E-state index is 13.3. The Morgan fingerprint density at radius 3 is 2.50 bits per heavy atom. The molecule has 0 radical (unpaired) electrons. The maximum absolute atomic E-state index is 13.3. The number of halogens is 2. The molecule has 0 unspecified atom stereocenters. The van der Waals surface area contributed by atoms with E-state index in [9.17, 15) is 14.0 Å². The van der Waals surface area contributed by atoms with Gasteiger partial charge in [0.05, 0.1) is 4.47 Å². The highest BCUT2D eigenvalue weighted by atomic mass is 79.9. The van der Waals surface area contributed by atoms with E-state index in [1.54, 1.807) is 4.90 Å². The van der Waals surface area contributed by atoms with Gasteiger partial charge in [-0.3, -0.25) is 9.59 Å². The van der Waals surface area contributed by atoms with Gasteiger partial charge in [0.2, 0.25) is 5.91 Å². The van der Waals surface area contributed by atoms with E-state index in [1.165, 1.54) is 12.1 Å². The summed E-state index contributed by atoms with van der Waals surface area (Å²) in [6, 6.07) is 4.16. The lowest BCUT2D eigenvalue weighted by Crippen LogP contribution is -2.34. The van der Waals surface area contributed by atoms with Crippen molar-refractivity contribution in [2.75, 3.05) is 19.6 Å². The molecular formula is C14H18BrFN2O2. The number of benzene rings is 1. The molecule has 1 aromatic carbocycles. The second kappa shape index (κ2) is 7.99. The van der Waals surface area contributed by atoms with Gasteiger partial charge in [-0.05, 0) is 48.0 Å². The summed E-state index contributed by atoms with van der Waals surface area (Å²) in [6.07, 6.45) is 0.242. The summed E-state index contributed by atoms with van der Waals surface area (Å²) in [7, 11) is 0. The van der Waals surface area contributed by atoms with Crippen molar-refractivity contribution in [2.24, 2.45) is 0 Å². The summed E-state index contributed by atoms with van der Waals surface area (Å²) in [5.41, 5.74) is 0.237. The Kier molecular flexibility index (Phi) is 6.64. The largest absolute Gasteiger partial charge is 0.352 e. The minimum atomic E-state index is -0.489. The van der Waals surface area contributed by atoms with Crippen LogP contribution >= 0.6 is 15.9 Å². The van der Waals surface area contributed by atoms with Crippen molar-refractivity contribution >= 4 is 27.7 Å². The normalized spacial score (nSPS) is 10.2. The average molecular weight is 345 g/mol. The minimum absolute atomic E-state index is 0.00251. The highest BCUT2D eigenvalue weighted by Crippen LogP contribution is 2.16. The standard InChI is InChI=1S/C14H18BrFN2O2/c1-3-18(4-2)13(19)7-8-17-14(20)10-5-6-11(15)12(16)9-10/h5-6,9H,3-4,7-8H2,1-2H3,(H,17,20). The Balaban J connectivity index is 2.47. The van der Waals surface area contributed by atoms with E-state index in [0.717, 1.165) is 6.07 Å². The third kappa shape index (κ3) is 4.59. The molecule has 0 fully saturated rings. The summed E-state index contributed by atoms with van der Waals surface area (Å²) in [5.74, 6) is -0.877. The fourth-order valence-electron chi connectivity index (χ4n) is 1.76. The summed E-state index contributed by atoms with van der Waals surface area (Å²) >= 11 is 3.03. The lowest BCUT2D eigenvalue weighted by atomic mass is 10.2. The topological polar surface area (TPSA) is 49.4 Å². The van der Waals surface area contributed by atoms with Crippen molar-refractivity contribution in [1.82, 2.24) is 10.2 Å². The lowest BCUT2D eigenvalue weighted by molar-refractivity contribution is -0.130. The van der Waals surface area contributed by atoms with Crippen LogP contribution in [0.15, 0.2) is 22.7 Å². The zero-order chi connectivity index (χ0) is 15.1. The fraction of sp³-hybridized carbons (Fsp3) is 0.429. The minimum Gasteiger partial charge on any atom is -0.352 e. The molecule has 0 spiro atoms. The quantitative estimate of drug-likeness (QED) is 0.862. The highest BCUT2D eigenvalue weighted by molar-refractivity contribution is 9.10. The number of carbonyl (C=O) groups excluding carboxylic acids is 2. The molecule has 0 heterocycles. The smallest absolute Gasteiger partial charge is 0.251 e. The van der Waals surface area contributed by atoms with Gasteiger partial charge in [-0.1, -0.05) is 0 Å². The molecule has 0 saturated carbocycles. The highest BCUT2D eigenvalue weighted by Gasteiger charge is 2.11. The zero-order valence-electron chi connectivity index (χ0n) is 11.6. The Bertz CT molecular complexity index is 490. The van der Waals surface area contributed by atoms with Crippen LogP contribution in [0.25, 0.3) is 0 Å². The first-order valence-corrected chi connectivity index (χ1v) is 7.29. The molecule has 0 aliphatic carbocycles. The van der Waals surface area contributed by atoms with Gasteiger partial charge in [0.15, 0.2) is 0 Å². The van der Waals surface area contributed by atoms with Crippen molar-refractivity contribution in [3.8, 4) is 0 Å². The van der Waals surface area contributed by atoms with Crippen molar-refractivity contribution in [3.05, 3.63) is 34.1 Å². The molecule has 1 N–H and O–H groups in total. The van der Waals surface area contributed by atoms with Crippen LogP contribution in [0.2, 0.25) is 0 Å². The third-order valence-corrected chi connectivity index (χ3v) is 3.57. The molecule has 0 bridgehead atoms. The molecule has 110 valence electrons. The summed E-state index contributed by atoms with van der Waals surface area (Å²) < 4.78 is 13.6. The molecule has 0 aliphatic rings. The van der Waals surface area contributed by atoms with Gasteiger partial charge in [-0.25, -0.2) is 4.39 Å². The van der Waals surface area contributed by atoms with Crippen LogP contribution in [0.1, 0.15) is 30.6 Å². The van der Waals surface area contributed by atoms with Crippen LogP contribution in [0.4, 0.5) is 4.39 Å². The average Bonchev–Trinajstić information content (AvgIpc) is 2.43. The predicted molar refractivity (Wildman–Crippen MR) is 79.0 cm³/mol. The first-order valence-electron chi connectivity index (χ1n) is 6.50. The number of hydrogen-bond acceptors (Lipinski definition) is 2. The lowest BCUT2D eigenvalue weighted by Gasteiger charge is -2.18. The number of nitrogens with zero attached hydrogens (tertiary/aromatic N) is 1. The van der Waals surface area contributed by atoms with Crippen molar-refractivity contribution < 1.29 is 14.0 Å². The Morgan fingerprint density at radius 2 is 1.95 bits per heavy atom. The molecule has 0 aliphatic heterocycles. The fourth-order valence-corrected chi connectivity index (χ4v) is 2.00. The van der Waals surface area contributed by atoms with Gasteiger partial charge in [-0.2, -0.15) is 0 Å².